The molecule has 1 unspecified atom stereocenters. The molecule has 4 N–H and O–H groups in total. The van der Waals surface area contributed by atoms with Gasteiger partial charge in [-0.3, -0.25) is 9.69 Å². The number of hydrogen-bond donors (Lipinski definition) is 4. The second-order valence-corrected chi connectivity index (χ2v) is 5.90. The number of benzene rings is 1. The molecule has 1 aliphatic rings. The SMILES string of the molecule is Cc1ccc(O)c(C(=O)NCC2CCN(C(CO)CO)C2)c1. The fourth-order valence-electron chi connectivity index (χ4n) is 2.81. The topological polar surface area (TPSA) is 93.0 Å². The Balaban J connectivity index is 1.86. The average Bonchev–Trinajstić information content (AvgIpc) is 2.97. The highest BCUT2D eigenvalue weighted by Gasteiger charge is 2.27. The zero-order valence-corrected chi connectivity index (χ0v) is 12.8. The molecule has 1 amide bonds. The molecule has 1 aliphatic heterocycles. The van der Waals surface area contributed by atoms with E-state index in [1.807, 2.05) is 11.8 Å². The molecule has 0 aliphatic carbocycles. The third-order valence-electron chi connectivity index (χ3n) is 4.20. The lowest BCUT2D eigenvalue weighted by Gasteiger charge is -2.24. The quantitative estimate of drug-likeness (QED) is 0.598. The van der Waals surface area contributed by atoms with Crippen LogP contribution in [-0.2, 0) is 0 Å². The number of nitrogens with one attached hydrogen (secondary N) is 1. The summed E-state index contributed by atoms with van der Waals surface area (Å²) in [5.41, 5.74) is 1.21. The first-order chi connectivity index (χ1) is 10.5. The first kappa shape index (κ1) is 16.7. The van der Waals surface area contributed by atoms with Crippen LogP contribution in [0, 0.1) is 12.8 Å². The molecule has 1 fully saturated rings. The molecule has 0 saturated carbocycles. The molecule has 0 radical (unpaired) electrons. The van der Waals surface area contributed by atoms with Gasteiger partial charge in [0.2, 0.25) is 0 Å². The molecule has 2 rings (SSSR count). The van der Waals surface area contributed by atoms with E-state index in [1.54, 1.807) is 12.1 Å². The molecule has 0 bridgehead atoms. The highest BCUT2D eigenvalue weighted by Crippen LogP contribution is 2.20. The molecular formula is C16H24N2O4. The lowest BCUT2D eigenvalue weighted by atomic mass is 10.1. The molecule has 22 heavy (non-hydrogen) atoms. The number of aliphatic hydroxyl groups is 2. The minimum absolute atomic E-state index is 0.0169. The lowest BCUT2D eigenvalue weighted by Crippen LogP contribution is -2.40. The van der Waals surface area contributed by atoms with Crippen LogP contribution in [0.4, 0.5) is 0 Å². The Hall–Kier alpha value is -1.63. The van der Waals surface area contributed by atoms with Crippen LogP contribution in [0.3, 0.4) is 0 Å². The number of nitrogens with zero attached hydrogens (tertiary/aromatic N) is 1. The summed E-state index contributed by atoms with van der Waals surface area (Å²) in [6, 6.07) is 4.72. The number of hydrogen-bond acceptors (Lipinski definition) is 5. The van der Waals surface area contributed by atoms with Gasteiger partial charge in [-0.1, -0.05) is 11.6 Å². The Labute approximate surface area is 130 Å². The summed E-state index contributed by atoms with van der Waals surface area (Å²) in [7, 11) is 0. The summed E-state index contributed by atoms with van der Waals surface area (Å²) in [5, 5.41) is 31.0. The largest absolute Gasteiger partial charge is 0.507 e. The molecule has 1 heterocycles. The van der Waals surface area contributed by atoms with E-state index in [-0.39, 0.29) is 36.8 Å². The maximum Gasteiger partial charge on any atom is 0.255 e. The van der Waals surface area contributed by atoms with E-state index in [4.69, 9.17) is 0 Å². The van der Waals surface area contributed by atoms with Gasteiger partial charge in [-0.15, -0.1) is 0 Å². The van der Waals surface area contributed by atoms with E-state index >= 15 is 0 Å². The number of aromatic hydroxyl groups is 1. The summed E-state index contributed by atoms with van der Waals surface area (Å²) in [4.78, 5) is 14.2. The summed E-state index contributed by atoms with van der Waals surface area (Å²) in [6.45, 7) is 3.81. The van der Waals surface area contributed by atoms with Crippen LogP contribution in [0.1, 0.15) is 22.3 Å². The zero-order chi connectivity index (χ0) is 16.1. The molecular weight excluding hydrogens is 284 g/mol. The lowest BCUT2D eigenvalue weighted by molar-refractivity contribution is 0.0865. The Morgan fingerprint density at radius 3 is 2.82 bits per heavy atom. The minimum atomic E-state index is -0.277. The maximum absolute atomic E-state index is 12.1. The monoisotopic (exact) mass is 308 g/mol. The molecule has 6 nitrogen and oxygen atoms in total. The first-order valence-corrected chi connectivity index (χ1v) is 7.58. The minimum Gasteiger partial charge on any atom is -0.507 e. The van der Waals surface area contributed by atoms with Crippen molar-refractivity contribution in [1.29, 1.82) is 0 Å². The number of carbonyl (C=O) groups excluding carboxylic acids is 1. The van der Waals surface area contributed by atoms with Crippen LogP contribution in [0.5, 0.6) is 5.75 Å². The van der Waals surface area contributed by atoms with Gasteiger partial charge in [0, 0.05) is 13.1 Å². The third kappa shape index (κ3) is 3.97. The number of likely N-dealkylation sites (tertiary alicyclic amines) is 1. The molecule has 6 heteroatoms. The van der Waals surface area contributed by atoms with Crippen molar-refractivity contribution in [1.82, 2.24) is 10.2 Å². The Bertz CT molecular complexity index is 517. The van der Waals surface area contributed by atoms with Crippen LogP contribution < -0.4 is 5.32 Å². The second-order valence-electron chi connectivity index (χ2n) is 5.90. The van der Waals surface area contributed by atoms with E-state index in [0.717, 1.165) is 25.1 Å². The summed E-state index contributed by atoms with van der Waals surface area (Å²) >= 11 is 0. The van der Waals surface area contributed by atoms with Gasteiger partial charge in [-0.2, -0.15) is 0 Å². The standard InChI is InChI=1S/C16H24N2O4/c1-11-2-3-15(21)14(6-11)16(22)17-7-12-4-5-18(8-12)13(9-19)10-20/h2-3,6,12-13,19-21H,4-5,7-10H2,1H3,(H,17,22). The fraction of sp³-hybridized carbons (Fsp3) is 0.562. The number of carbonyl (C=O) groups is 1. The summed E-state index contributed by atoms with van der Waals surface area (Å²) in [6.07, 6.45) is 0.913. The Kier molecular flexibility index (Phi) is 5.76. The van der Waals surface area contributed by atoms with Crippen LogP contribution in [-0.4, -0.2) is 65.0 Å². The van der Waals surface area contributed by atoms with Crippen LogP contribution in [0.25, 0.3) is 0 Å². The second kappa shape index (κ2) is 7.58. The van der Waals surface area contributed by atoms with E-state index in [1.165, 1.54) is 6.07 Å². The highest BCUT2D eigenvalue weighted by molar-refractivity contribution is 5.96. The molecule has 1 atom stereocenters. The van der Waals surface area contributed by atoms with Crippen LogP contribution in [0.15, 0.2) is 18.2 Å². The van der Waals surface area contributed by atoms with Crippen molar-refractivity contribution >= 4 is 5.91 Å². The van der Waals surface area contributed by atoms with Gasteiger partial charge in [-0.25, -0.2) is 0 Å². The smallest absolute Gasteiger partial charge is 0.255 e. The predicted octanol–water partition coefficient (Wildman–Crippen LogP) is 0.106. The van der Waals surface area contributed by atoms with Gasteiger partial charge < -0.3 is 20.6 Å². The Morgan fingerprint density at radius 2 is 2.14 bits per heavy atom. The average molecular weight is 308 g/mol. The fourth-order valence-corrected chi connectivity index (χ4v) is 2.81. The highest BCUT2D eigenvalue weighted by atomic mass is 16.3. The normalized spacial score (nSPS) is 18.8. The Morgan fingerprint density at radius 1 is 1.41 bits per heavy atom. The zero-order valence-electron chi connectivity index (χ0n) is 12.8. The van der Waals surface area contributed by atoms with Crippen molar-refractivity contribution in [3.8, 4) is 5.75 Å². The third-order valence-corrected chi connectivity index (χ3v) is 4.20. The number of aryl methyl sites for hydroxylation is 1. The molecule has 1 aromatic carbocycles. The van der Waals surface area contributed by atoms with Crippen molar-refractivity contribution in [2.24, 2.45) is 5.92 Å². The number of phenols is 1. The summed E-state index contributed by atoms with van der Waals surface area (Å²) < 4.78 is 0. The van der Waals surface area contributed by atoms with Crippen molar-refractivity contribution in [2.45, 2.75) is 19.4 Å². The molecule has 0 aromatic heterocycles. The maximum atomic E-state index is 12.1. The van der Waals surface area contributed by atoms with Crippen molar-refractivity contribution < 1.29 is 20.1 Å². The van der Waals surface area contributed by atoms with E-state index in [2.05, 4.69) is 5.32 Å². The number of phenolic OH excluding ortho intramolecular Hbond substituents is 1. The molecule has 0 spiro atoms. The van der Waals surface area contributed by atoms with Gasteiger partial charge in [0.15, 0.2) is 0 Å². The van der Waals surface area contributed by atoms with E-state index < -0.39 is 0 Å². The van der Waals surface area contributed by atoms with E-state index in [9.17, 15) is 20.1 Å². The van der Waals surface area contributed by atoms with Gasteiger partial charge in [0.25, 0.3) is 5.91 Å². The van der Waals surface area contributed by atoms with Crippen molar-refractivity contribution in [3.63, 3.8) is 0 Å². The van der Waals surface area contributed by atoms with E-state index in [0.29, 0.717) is 12.1 Å². The van der Waals surface area contributed by atoms with Gasteiger partial charge in [0.1, 0.15) is 5.75 Å². The number of amides is 1. The summed E-state index contributed by atoms with van der Waals surface area (Å²) in [5.74, 6) is -0.00575. The van der Waals surface area contributed by atoms with Crippen molar-refractivity contribution in [2.75, 3.05) is 32.8 Å². The van der Waals surface area contributed by atoms with Gasteiger partial charge in [-0.05, 0) is 37.9 Å². The van der Waals surface area contributed by atoms with Gasteiger partial charge in [0.05, 0.1) is 24.8 Å². The van der Waals surface area contributed by atoms with Crippen LogP contribution in [0.2, 0.25) is 0 Å². The molecule has 122 valence electrons. The number of aliphatic hydroxyl groups excluding tert-OH is 2. The number of rotatable bonds is 6. The molecule has 1 aromatic rings. The predicted molar refractivity (Wildman–Crippen MR) is 82.8 cm³/mol. The first-order valence-electron chi connectivity index (χ1n) is 7.58. The van der Waals surface area contributed by atoms with Gasteiger partial charge >= 0.3 is 0 Å². The molecule has 1 saturated heterocycles. The van der Waals surface area contributed by atoms with Crippen molar-refractivity contribution in [3.05, 3.63) is 29.3 Å². The van der Waals surface area contributed by atoms with Crippen LogP contribution >= 0.6 is 0 Å².